The normalized spacial score (nSPS) is 16.7. The number of halogens is 1. The fourth-order valence-corrected chi connectivity index (χ4v) is 3.69. The number of methoxy groups -OCH3 is 3. The molecule has 0 radical (unpaired) electrons. The van der Waals surface area contributed by atoms with Gasteiger partial charge in [-0.25, -0.2) is 0 Å². The molecule has 2 aromatic carbocycles. The summed E-state index contributed by atoms with van der Waals surface area (Å²) in [5.74, 6) is 1.97. The van der Waals surface area contributed by atoms with Gasteiger partial charge in [0.2, 0.25) is 0 Å². The minimum Gasteiger partial charge on any atom is -0.497 e. The monoisotopic (exact) mass is 405 g/mol. The second kappa shape index (κ2) is 8.71. The highest BCUT2D eigenvalue weighted by Crippen LogP contribution is 2.46. The first-order valence-electron chi connectivity index (χ1n) is 9.00. The number of ether oxygens (including phenoxy) is 3. The molecule has 7 heteroatoms. The Balaban J connectivity index is 2.06. The first-order chi connectivity index (χ1) is 13.5. The molecule has 1 aliphatic heterocycles. The molecule has 1 aliphatic rings. The van der Waals surface area contributed by atoms with E-state index in [4.69, 9.17) is 25.8 Å². The second-order valence-corrected chi connectivity index (χ2v) is 6.88. The molecule has 0 aliphatic carbocycles. The molecule has 0 saturated heterocycles. The number of carbonyl (C=O) groups is 1. The third-order valence-corrected chi connectivity index (χ3v) is 5.26. The molecule has 2 unspecified atom stereocenters. The average molecular weight is 406 g/mol. The number of benzene rings is 2. The number of nitrogens with zero attached hydrogens (tertiary/aromatic N) is 1. The summed E-state index contributed by atoms with van der Waals surface area (Å²) in [6.45, 7) is 0.444. The van der Waals surface area contributed by atoms with Crippen molar-refractivity contribution in [3.63, 3.8) is 0 Å². The van der Waals surface area contributed by atoms with E-state index >= 15 is 0 Å². The van der Waals surface area contributed by atoms with Crippen LogP contribution in [0, 0.1) is 0 Å². The standard InChI is InChI=1S/C21H24ClNO5/c1-26-14-7-5-13(6-8-14)20(24)19-15-11-17(27-2)18(28-3)12-16(15)21(25)23(19)10-4-9-22/h5-8,11-12,19-20,24H,4,9-10H2,1-3H3. The number of alkyl halides is 1. The van der Waals surface area contributed by atoms with E-state index < -0.39 is 12.1 Å². The first-order valence-corrected chi connectivity index (χ1v) is 9.54. The lowest BCUT2D eigenvalue weighted by Gasteiger charge is -2.29. The van der Waals surface area contributed by atoms with E-state index in [0.717, 1.165) is 0 Å². The summed E-state index contributed by atoms with van der Waals surface area (Å²) in [6, 6.07) is 10.1. The van der Waals surface area contributed by atoms with Crippen molar-refractivity contribution < 1.29 is 24.1 Å². The summed E-state index contributed by atoms with van der Waals surface area (Å²) in [5.41, 5.74) is 1.91. The SMILES string of the molecule is COc1ccc(C(O)C2c3cc(OC)c(OC)cc3C(=O)N2CCCCl)cc1. The van der Waals surface area contributed by atoms with Gasteiger partial charge in [0.25, 0.3) is 5.91 Å². The van der Waals surface area contributed by atoms with Crippen LogP contribution >= 0.6 is 11.6 Å². The van der Waals surface area contributed by atoms with E-state index in [0.29, 0.717) is 52.8 Å². The van der Waals surface area contributed by atoms with Crippen LogP contribution in [0.2, 0.25) is 0 Å². The van der Waals surface area contributed by atoms with Gasteiger partial charge >= 0.3 is 0 Å². The number of aliphatic hydroxyl groups excluding tert-OH is 1. The maximum atomic E-state index is 13.1. The lowest BCUT2D eigenvalue weighted by Crippen LogP contribution is -2.32. The molecule has 1 amide bonds. The Morgan fingerprint density at radius 1 is 1.07 bits per heavy atom. The van der Waals surface area contributed by atoms with E-state index in [2.05, 4.69) is 0 Å². The summed E-state index contributed by atoms with van der Waals surface area (Å²) >= 11 is 5.86. The van der Waals surface area contributed by atoms with Gasteiger partial charge in [-0.1, -0.05) is 12.1 Å². The summed E-state index contributed by atoms with van der Waals surface area (Å²) < 4.78 is 15.9. The summed E-state index contributed by atoms with van der Waals surface area (Å²) in [4.78, 5) is 14.7. The molecule has 0 saturated carbocycles. The van der Waals surface area contributed by atoms with Gasteiger partial charge in [0.1, 0.15) is 11.9 Å². The summed E-state index contributed by atoms with van der Waals surface area (Å²) in [7, 11) is 4.66. The number of carbonyl (C=O) groups excluding carboxylic acids is 1. The van der Waals surface area contributed by atoms with Crippen molar-refractivity contribution in [1.29, 1.82) is 0 Å². The minimum atomic E-state index is -0.912. The van der Waals surface area contributed by atoms with Crippen LogP contribution in [-0.2, 0) is 0 Å². The number of hydrogen-bond acceptors (Lipinski definition) is 5. The Hall–Kier alpha value is -2.44. The topological polar surface area (TPSA) is 68.2 Å². The molecule has 2 aromatic rings. The van der Waals surface area contributed by atoms with Gasteiger partial charge in [0.15, 0.2) is 11.5 Å². The summed E-state index contributed by atoms with van der Waals surface area (Å²) in [6.07, 6.45) is -0.286. The molecule has 1 N–H and O–H groups in total. The third-order valence-electron chi connectivity index (χ3n) is 4.99. The number of hydrogen-bond donors (Lipinski definition) is 1. The van der Waals surface area contributed by atoms with Crippen LogP contribution < -0.4 is 14.2 Å². The van der Waals surface area contributed by atoms with Crippen molar-refractivity contribution in [3.8, 4) is 17.2 Å². The van der Waals surface area contributed by atoms with Crippen molar-refractivity contribution in [3.05, 3.63) is 53.1 Å². The maximum absolute atomic E-state index is 13.1. The van der Waals surface area contributed by atoms with E-state index in [1.807, 2.05) is 0 Å². The maximum Gasteiger partial charge on any atom is 0.254 e. The van der Waals surface area contributed by atoms with Crippen molar-refractivity contribution >= 4 is 17.5 Å². The van der Waals surface area contributed by atoms with Crippen LogP contribution in [-0.4, -0.2) is 49.7 Å². The smallest absolute Gasteiger partial charge is 0.254 e. The number of aliphatic hydroxyl groups is 1. The van der Waals surface area contributed by atoms with Gasteiger partial charge in [-0.15, -0.1) is 11.6 Å². The molecule has 0 aromatic heterocycles. The fourth-order valence-electron chi connectivity index (χ4n) is 3.57. The number of rotatable bonds is 8. The highest BCUT2D eigenvalue weighted by Gasteiger charge is 2.42. The fraction of sp³-hybridized carbons (Fsp3) is 0.381. The summed E-state index contributed by atoms with van der Waals surface area (Å²) in [5, 5.41) is 11.2. The zero-order chi connectivity index (χ0) is 20.3. The van der Waals surface area contributed by atoms with Crippen molar-refractivity contribution in [2.45, 2.75) is 18.6 Å². The molecular weight excluding hydrogens is 382 g/mol. The second-order valence-electron chi connectivity index (χ2n) is 6.50. The number of amides is 1. The minimum absolute atomic E-state index is 0.154. The number of fused-ring (bicyclic) bond motifs is 1. The van der Waals surface area contributed by atoms with E-state index in [9.17, 15) is 9.90 Å². The predicted molar refractivity (Wildman–Crippen MR) is 107 cm³/mol. The molecule has 6 nitrogen and oxygen atoms in total. The van der Waals surface area contributed by atoms with E-state index in [1.165, 1.54) is 7.11 Å². The van der Waals surface area contributed by atoms with Crippen LogP contribution in [0.3, 0.4) is 0 Å². The van der Waals surface area contributed by atoms with Crippen LogP contribution in [0.1, 0.15) is 40.1 Å². The molecule has 1 heterocycles. The van der Waals surface area contributed by atoms with Gasteiger partial charge < -0.3 is 24.2 Å². The first kappa shape index (κ1) is 20.3. The average Bonchev–Trinajstić information content (AvgIpc) is 3.01. The predicted octanol–water partition coefficient (Wildman–Crippen LogP) is 3.57. The Morgan fingerprint density at radius 3 is 2.29 bits per heavy atom. The highest BCUT2D eigenvalue weighted by molar-refractivity contribution is 6.17. The molecular formula is C21H24ClNO5. The molecule has 0 spiro atoms. The molecule has 2 atom stereocenters. The van der Waals surface area contributed by atoms with Crippen molar-refractivity contribution in [1.82, 2.24) is 4.90 Å². The van der Waals surface area contributed by atoms with Gasteiger partial charge in [-0.3, -0.25) is 4.79 Å². The van der Waals surface area contributed by atoms with Crippen LogP contribution in [0.15, 0.2) is 36.4 Å². The molecule has 28 heavy (non-hydrogen) atoms. The van der Waals surface area contributed by atoms with Crippen molar-refractivity contribution in [2.24, 2.45) is 0 Å². The third kappa shape index (κ3) is 3.62. The van der Waals surface area contributed by atoms with Gasteiger partial charge in [0, 0.05) is 18.0 Å². The van der Waals surface area contributed by atoms with Crippen LogP contribution in [0.25, 0.3) is 0 Å². The zero-order valence-electron chi connectivity index (χ0n) is 16.1. The van der Waals surface area contributed by atoms with E-state index in [1.54, 1.807) is 55.5 Å². The van der Waals surface area contributed by atoms with Gasteiger partial charge in [-0.05, 0) is 41.8 Å². The van der Waals surface area contributed by atoms with Crippen LogP contribution in [0.4, 0.5) is 0 Å². The lowest BCUT2D eigenvalue weighted by atomic mass is 9.94. The zero-order valence-corrected chi connectivity index (χ0v) is 16.9. The Kier molecular flexibility index (Phi) is 6.31. The quantitative estimate of drug-likeness (QED) is 0.680. The molecule has 0 bridgehead atoms. The van der Waals surface area contributed by atoms with Gasteiger partial charge in [-0.2, -0.15) is 0 Å². The van der Waals surface area contributed by atoms with Crippen LogP contribution in [0.5, 0.6) is 17.2 Å². The van der Waals surface area contributed by atoms with E-state index in [-0.39, 0.29) is 5.91 Å². The van der Waals surface area contributed by atoms with Crippen molar-refractivity contribution in [2.75, 3.05) is 33.8 Å². The Bertz CT molecular complexity index is 839. The largest absolute Gasteiger partial charge is 0.497 e. The molecule has 3 rings (SSSR count). The molecule has 0 fully saturated rings. The highest BCUT2D eigenvalue weighted by atomic mass is 35.5. The lowest BCUT2D eigenvalue weighted by molar-refractivity contribution is 0.0427. The van der Waals surface area contributed by atoms with Gasteiger partial charge in [0.05, 0.1) is 27.4 Å². The Morgan fingerprint density at radius 2 is 1.71 bits per heavy atom. The Labute approximate surface area is 169 Å². The molecule has 150 valence electrons.